The summed E-state index contributed by atoms with van der Waals surface area (Å²) in [5.41, 5.74) is 0.199. The largest absolute Gasteiger partial charge is 0.490 e. The molecular weight excluding hydrogens is 326 g/mol. The van der Waals surface area contributed by atoms with Crippen LogP contribution in [-0.4, -0.2) is 48.9 Å². The average molecular weight is 351 g/mol. The molecule has 0 atom stereocenters. The average Bonchev–Trinajstić information content (AvgIpc) is 2.61. The standard InChI is InChI=1S/C18H25NO6/c1-3-18(7-9-23-10-8-18)19-17(22)13-5-6-14(25-12-16(20)21)15(11-13)24-4-2/h5-6,11H,3-4,7-10,12H2,1-2H3,(H,19,22)(H,20,21). The minimum atomic E-state index is -1.08. The van der Waals surface area contributed by atoms with E-state index in [0.29, 0.717) is 36.9 Å². The number of carbonyl (C=O) groups excluding carboxylic acids is 1. The van der Waals surface area contributed by atoms with Crippen molar-refractivity contribution in [2.24, 2.45) is 0 Å². The summed E-state index contributed by atoms with van der Waals surface area (Å²) < 4.78 is 16.1. The molecule has 0 saturated carbocycles. The van der Waals surface area contributed by atoms with E-state index in [-0.39, 0.29) is 11.4 Å². The van der Waals surface area contributed by atoms with Crippen LogP contribution in [-0.2, 0) is 9.53 Å². The molecule has 138 valence electrons. The van der Waals surface area contributed by atoms with E-state index in [0.717, 1.165) is 19.3 Å². The van der Waals surface area contributed by atoms with Crippen LogP contribution in [0.1, 0.15) is 43.5 Å². The summed E-state index contributed by atoms with van der Waals surface area (Å²) in [5.74, 6) is -0.603. The minimum Gasteiger partial charge on any atom is -0.490 e. The zero-order valence-corrected chi connectivity index (χ0v) is 14.7. The molecule has 25 heavy (non-hydrogen) atoms. The summed E-state index contributed by atoms with van der Waals surface area (Å²) in [6.45, 7) is 5.05. The predicted molar refractivity (Wildman–Crippen MR) is 91.3 cm³/mol. The van der Waals surface area contributed by atoms with E-state index in [1.807, 2.05) is 6.92 Å². The highest BCUT2D eigenvalue weighted by molar-refractivity contribution is 5.95. The number of carbonyl (C=O) groups is 2. The van der Waals surface area contributed by atoms with E-state index in [9.17, 15) is 9.59 Å². The number of hydrogen-bond acceptors (Lipinski definition) is 5. The normalized spacial score (nSPS) is 16.1. The van der Waals surface area contributed by atoms with Crippen LogP contribution in [0.2, 0.25) is 0 Å². The summed E-state index contributed by atoms with van der Waals surface area (Å²) in [5, 5.41) is 11.9. The van der Waals surface area contributed by atoms with Crippen LogP contribution in [0.4, 0.5) is 0 Å². The molecule has 1 aromatic rings. The Bertz CT molecular complexity index is 610. The zero-order chi connectivity index (χ0) is 18.3. The molecule has 2 rings (SSSR count). The van der Waals surface area contributed by atoms with Crippen LogP contribution < -0.4 is 14.8 Å². The third kappa shape index (κ3) is 5.09. The van der Waals surface area contributed by atoms with Crippen LogP contribution in [0, 0.1) is 0 Å². The van der Waals surface area contributed by atoms with Gasteiger partial charge in [-0.3, -0.25) is 4.79 Å². The maximum Gasteiger partial charge on any atom is 0.341 e. The number of rotatable bonds is 8. The molecule has 1 aliphatic heterocycles. The highest BCUT2D eigenvalue weighted by Gasteiger charge is 2.32. The molecule has 2 N–H and O–H groups in total. The summed E-state index contributed by atoms with van der Waals surface area (Å²) in [4.78, 5) is 23.3. The molecule has 0 unspecified atom stereocenters. The van der Waals surface area contributed by atoms with E-state index in [2.05, 4.69) is 12.2 Å². The summed E-state index contributed by atoms with van der Waals surface area (Å²) in [7, 11) is 0. The molecule has 0 aromatic heterocycles. The number of carboxylic acids is 1. The number of ether oxygens (including phenoxy) is 3. The fourth-order valence-corrected chi connectivity index (χ4v) is 2.82. The van der Waals surface area contributed by atoms with E-state index >= 15 is 0 Å². The lowest BCUT2D eigenvalue weighted by Crippen LogP contribution is -2.51. The second-order valence-corrected chi connectivity index (χ2v) is 5.98. The first kappa shape index (κ1) is 19.1. The van der Waals surface area contributed by atoms with Crippen LogP contribution in [0.5, 0.6) is 11.5 Å². The van der Waals surface area contributed by atoms with E-state index < -0.39 is 12.6 Å². The van der Waals surface area contributed by atoms with Crippen molar-refractivity contribution < 1.29 is 28.9 Å². The van der Waals surface area contributed by atoms with Gasteiger partial charge < -0.3 is 24.6 Å². The highest BCUT2D eigenvalue weighted by Crippen LogP contribution is 2.30. The Kier molecular flexibility index (Phi) is 6.64. The molecule has 0 spiro atoms. The molecule has 1 amide bonds. The number of benzene rings is 1. The van der Waals surface area contributed by atoms with Crippen molar-refractivity contribution in [3.05, 3.63) is 23.8 Å². The topological polar surface area (TPSA) is 94.1 Å². The lowest BCUT2D eigenvalue weighted by molar-refractivity contribution is -0.139. The van der Waals surface area contributed by atoms with Gasteiger partial charge in [0.2, 0.25) is 0 Å². The monoisotopic (exact) mass is 351 g/mol. The van der Waals surface area contributed by atoms with Crippen LogP contribution >= 0.6 is 0 Å². The van der Waals surface area contributed by atoms with Crippen LogP contribution in [0.3, 0.4) is 0 Å². The van der Waals surface area contributed by atoms with Crippen LogP contribution in [0.15, 0.2) is 18.2 Å². The van der Waals surface area contributed by atoms with Gasteiger partial charge >= 0.3 is 5.97 Å². The van der Waals surface area contributed by atoms with Gasteiger partial charge in [0.1, 0.15) is 0 Å². The molecule has 1 heterocycles. The first-order valence-electron chi connectivity index (χ1n) is 8.51. The Labute approximate surface area is 147 Å². The Morgan fingerprint density at radius 3 is 2.52 bits per heavy atom. The zero-order valence-electron chi connectivity index (χ0n) is 14.7. The predicted octanol–water partition coefficient (Wildman–Crippen LogP) is 2.24. The maximum absolute atomic E-state index is 12.7. The quantitative estimate of drug-likeness (QED) is 0.746. The molecule has 1 fully saturated rings. The van der Waals surface area contributed by atoms with Crippen molar-refractivity contribution in [1.82, 2.24) is 5.32 Å². The number of amides is 1. The van der Waals surface area contributed by atoms with Gasteiger partial charge in [0, 0.05) is 24.3 Å². The summed E-state index contributed by atoms with van der Waals surface area (Å²) >= 11 is 0. The van der Waals surface area contributed by atoms with E-state index in [4.69, 9.17) is 19.3 Å². The Morgan fingerprint density at radius 1 is 1.20 bits per heavy atom. The fraction of sp³-hybridized carbons (Fsp3) is 0.556. The molecule has 7 heteroatoms. The van der Waals surface area contributed by atoms with Gasteiger partial charge in [-0.25, -0.2) is 4.79 Å². The Hall–Kier alpha value is -2.28. The first-order valence-corrected chi connectivity index (χ1v) is 8.51. The van der Waals surface area contributed by atoms with Crippen molar-refractivity contribution in [2.45, 2.75) is 38.6 Å². The Balaban J connectivity index is 2.15. The molecule has 7 nitrogen and oxygen atoms in total. The molecule has 1 aliphatic rings. The molecule has 0 aliphatic carbocycles. The Morgan fingerprint density at radius 2 is 1.92 bits per heavy atom. The van der Waals surface area contributed by atoms with Crippen molar-refractivity contribution in [3.63, 3.8) is 0 Å². The van der Waals surface area contributed by atoms with Crippen molar-refractivity contribution in [2.75, 3.05) is 26.4 Å². The smallest absolute Gasteiger partial charge is 0.341 e. The fourth-order valence-electron chi connectivity index (χ4n) is 2.82. The second-order valence-electron chi connectivity index (χ2n) is 5.98. The summed E-state index contributed by atoms with van der Waals surface area (Å²) in [6, 6.07) is 4.75. The lowest BCUT2D eigenvalue weighted by Gasteiger charge is -2.37. The van der Waals surface area contributed by atoms with Crippen molar-refractivity contribution >= 4 is 11.9 Å². The van der Waals surface area contributed by atoms with Gasteiger partial charge in [-0.05, 0) is 44.4 Å². The van der Waals surface area contributed by atoms with Crippen LogP contribution in [0.25, 0.3) is 0 Å². The van der Waals surface area contributed by atoms with Gasteiger partial charge in [-0.15, -0.1) is 0 Å². The highest BCUT2D eigenvalue weighted by atomic mass is 16.5. The molecule has 1 aromatic carbocycles. The van der Waals surface area contributed by atoms with Gasteiger partial charge in [-0.2, -0.15) is 0 Å². The van der Waals surface area contributed by atoms with Gasteiger partial charge in [0.25, 0.3) is 5.91 Å². The SMILES string of the molecule is CCOc1cc(C(=O)NC2(CC)CCOCC2)ccc1OCC(=O)O. The third-order valence-electron chi connectivity index (χ3n) is 4.36. The molecule has 1 saturated heterocycles. The minimum absolute atomic E-state index is 0.186. The number of hydrogen-bond donors (Lipinski definition) is 2. The number of nitrogens with one attached hydrogen (secondary N) is 1. The summed E-state index contributed by atoms with van der Waals surface area (Å²) in [6.07, 6.45) is 2.40. The van der Waals surface area contributed by atoms with E-state index in [1.54, 1.807) is 18.2 Å². The molecule has 0 bridgehead atoms. The molecule has 0 radical (unpaired) electrons. The van der Waals surface area contributed by atoms with Gasteiger partial charge in [-0.1, -0.05) is 6.92 Å². The maximum atomic E-state index is 12.7. The second kappa shape index (κ2) is 8.71. The van der Waals surface area contributed by atoms with Crippen molar-refractivity contribution in [3.8, 4) is 11.5 Å². The van der Waals surface area contributed by atoms with E-state index in [1.165, 1.54) is 0 Å². The molecular formula is C18H25NO6. The lowest BCUT2D eigenvalue weighted by atomic mass is 9.87. The number of carboxylic acid groups (broad SMARTS) is 1. The third-order valence-corrected chi connectivity index (χ3v) is 4.36. The van der Waals surface area contributed by atoms with Crippen molar-refractivity contribution in [1.29, 1.82) is 0 Å². The van der Waals surface area contributed by atoms with Gasteiger partial charge in [0.05, 0.1) is 6.61 Å². The van der Waals surface area contributed by atoms with Gasteiger partial charge in [0.15, 0.2) is 18.1 Å². The number of aliphatic carboxylic acids is 1. The first-order chi connectivity index (χ1) is 12.0.